The van der Waals surface area contributed by atoms with Gasteiger partial charge in [0.25, 0.3) is 0 Å². The number of benzene rings is 1. The van der Waals surface area contributed by atoms with E-state index in [0.717, 1.165) is 46.9 Å². The number of pyridine rings is 1. The van der Waals surface area contributed by atoms with Gasteiger partial charge in [0.15, 0.2) is 5.78 Å². The first-order chi connectivity index (χ1) is 16.1. The van der Waals surface area contributed by atoms with Gasteiger partial charge in [0.05, 0.1) is 29.1 Å². The molecule has 1 amide bonds. The molecule has 0 aliphatic heterocycles. The summed E-state index contributed by atoms with van der Waals surface area (Å²) in [5.41, 5.74) is 5.62. The highest BCUT2D eigenvalue weighted by Crippen LogP contribution is 2.39. The molecule has 3 aromatic heterocycles. The van der Waals surface area contributed by atoms with E-state index in [9.17, 15) is 9.59 Å². The number of Topliss-reactive ketones (excluding diaryl/α,β-unsaturated/α-hetero) is 1. The number of ketones is 1. The van der Waals surface area contributed by atoms with Crippen LogP contribution in [0.5, 0.6) is 0 Å². The zero-order valence-electron chi connectivity index (χ0n) is 18.1. The normalized spacial score (nSPS) is 12.9. The van der Waals surface area contributed by atoms with Crippen LogP contribution in [0, 0.1) is 6.92 Å². The summed E-state index contributed by atoms with van der Waals surface area (Å²) in [4.78, 5) is 33.0. The number of rotatable bonds is 6. The van der Waals surface area contributed by atoms with Crippen LogP contribution in [-0.2, 0) is 17.6 Å². The predicted octanol–water partition coefficient (Wildman–Crippen LogP) is 4.82. The first-order valence-corrected chi connectivity index (χ1v) is 10.9. The molecule has 3 heterocycles. The Hall–Kier alpha value is -4.20. The largest absolute Gasteiger partial charge is 0.361 e. The Labute approximate surface area is 190 Å². The van der Waals surface area contributed by atoms with Crippen molar-refractivity contribution in [3.63, 3.8) is 0 Å². The van der Waals surface area contributed by atoms with Crippen LogP contribution >= 0.6 is 0 Å². The Morgan fingerprint density at radius 3 is 2.79 bits per heavy atom. The number of amides is 1. The number of nitrogens with zero attached hydrogens (tertiary/aromatic N) is 2. The van der Waals surface area contributed by atoms with Crippen LogP contribution in [0.4, 0.5) is 17.2 Å². The Morgan fingerprint density at radius 1 is 1.15 bits per heavy atom. The molecule has 8 nitrogen and oxygen atoms in total. The van der Waals surface area contributed by atoms with Crippen LogP contribution in [0.2, 0.25) is 0 Å². The average molecular weight is 441 g/mol. The fourth-order valence-electron chi connectivity index (χ4n) is 4.10. The number of hydrogen-bond acceptors (Lipinski definition) is 6. The highest BCUT2D eigenvalue weighted by Gasteiger charge is 2.27. The monoisotopic (exact) mass is 441 g/mol. The van der Waals surface area contributed by atoms with E-state index in [2.05, 4.69) is 25.8 Å². The maximum atomic E-state index is 12.8. The maximum absolute atomic E-state index is 12.8. The second-order valence-corrected chi connectivity index (χ2v) is 8.09. The van der Waals surface area contributed by atoms with Crippen LogP contribution in [0.3, 0.4) is 0 Å². The van der Waals surface area contributed by atoms with E-state index >= 15 is 0 Å². The third-order valence-corrected chi connectivity index (χ3v) is 5.56. The molecular formula is C25H23N5O3. The molecule has 1 aliphatic rings. The van der Waals surface area contributed by atoms with Crippen molar-refractivity contribution in [2.24, 2.45) is 0 Å². The summed E-state index contributed by atoms with van der Waals surface area (Å²) < 4.78 is 5.12. The Balaban J connectivity index is 1.46. The molecule has 0 atom stereocenters. The number of hydrogen-bond donors (Lipinski definition) is 3. The highest BCUT2D eigenvalue weighted by atomic mass is 16.5. The van der Waals surface area contributed by atoms with E-state index in [4.69, 9.17) is 4.52 Å². The van der Waals surface area contributed by atoms with E-state index in [1.54, 1.807) is 25.3 Å². The Bertz CT molecular complexity index is 1320. The summed E-state index contributed by atoms with van der Waals surface area (Å²) in [6.07, 6.45) is 3.88. The van der Waals surface area contributed by atoms with Crippen LogP contribution < -0.4 is 10.6 Å². The van der Waals surface area contributed by atoms with Gasteiger partial charge in [0.2, 0.25) is 5.91 Å². The lowest BCUT2D eigenvalue weighted by Crippen LogP contribution is -2.15. The third kappa shape index (κ3) is 4.41. The molecule has 0 unspecified atom stereocenters. The number of anilines is 3. The molecule has 5 rings (SSSR count). The number of para-hydroxylation sites is 1. The standard InChI is InChI=1S/C25H23N5O3/c1-15-12-18(33-30-15)14-22(32)29-21-13-16(10-11-26-21)24-25(27-17-6-3-2-4-7-17)23-19(28-24)8-5-9-20(23)31/h2-4,6-7,10-13,27-28H,5,8-9,14H2,1H3,(H,26,29,32). The number of nitrogens with one attached hydrogen (secondary N) is 3. The van der Waals surface area contributed by atoms with Crippen LogP contribution in [0.25, 0.3) is 11.3 Å². The average Bonchev–Trinajstić information content (AvgIpc) is 3.38. The second kappa shape index (κ2) is 8.74. The molecule has 4 aromatic rings. The van der Waals surface area contributed by atoms with E-state index < -0.39 is 0 Å². The fourth-order valence-corrected chi connectivity index (χ4v) is 4.10. The first kappa shape index (κ1) is 20.7. The molecule has 3 N–H and O–H groups in total. The summed E-state index contributed by atoms with van der Waals surface area (Å²) in [6.45, 7) is 1.80. The van der Waals surface area contributed by atoms with Crippen molar-refractivity contribution >= 4 is 28.9 Å². The lowest BCUT2D eigenvalue weighted by molar-refractivity contribution is -0.115. The summed E-state index contributed by atoms with van der Waals surface area (Å²) in [6, 6.07) is 15.1. The highest BCUT2D eigenvalue weighted by molar-refractivity contribution is 6.07. The number of H-pyrrole nitrogens is 1. The predicted molar refractivity (Wildman–Crippen MR) is 125 cm³/mol. The van der Waals surface area contributed by atoms with Gasteiger partial charge in [-0.15, -0.1) is 0 Å². The molecule has 166 valence electrons. The molecule has 0 radical (unpaired) electrons. The van der Waals surface area contributed by atoms with Crippen LogP contribution in [0.15, 0.2) is 59.3 Å². The van der Waals surface area contributed by atoms with Crippen molar-refractivity contribution in [1.82, 2.24) is 15.1 Å². The van der Waals surface area contributed by atoms with Crippen molar-refractivity contribution < 1.29 is 14.1 Å². The van der Waals surface area contributed by atoms with Gasteiger partial charge in [0.1, 0.15) is 11.6 Å². The second-order valence-electron chi connectivity index (χ2n) is 8.09. The molecule has 33 heavy (non-hydrogen) atoms. The molecule has 0 spiro atoms. The minimum atomic E-state index is -0.251. The van der Waals surface area contributed by atoms with E-state index in [1.165, 1.54) is 0 Å². The van der Waals surface area contributed by atoms with Crippen LogP contribution in [-0.4, -0.2) is 26.8 Å². The molecular weight excluding hydrogens is 418 g/mol. The summed E-state index contributed by atoms with van der Waals surface area (Å²) >= 11 is 0. The van der Waals surface area contributed by atoms with Gasteiger partial charge < -0.3 is 20.1 Å². The number of aryl methyl sites for hydroxylation is 2. The molecule has 0 fully saturated rings. The molecule has 0 saturated heterocycles. The van der Waals surface area contributed by atoms with Crippen molar-refractivity contribution in [1.29, 1.82) is 0 Å². The number of aromatic nitrogens is 3. The first-order valence-electron chi connectivity index (χ1n) is 10.9. The Morgan fingerprint density at radius 2 is 2.00 bits per heavy atom. The Kier molecular flexibility index (Phi) is 5.48. The van der Waals surface area contributed by atoms with Gasteiger partial charge in [-0.1, -0.05) is 23.4 Å². The quantitative estimate of drug-likeness (QED) is 0.395. The topological polar surface area (TPSA) is 113 Å². The van der Waals surface area contributed by atoms with Gasteiger partial charge in [-0.05, 0) is 44.0 Å². The molecule has 0 saturated carbocycles. The lowest BCUT2D eigenvalue weighted by atomic mass is 9.95. The zero-order valence-corrected chi connectivity index (χ0v) is 18.1. The molecule has 1 aromatic carbocycles. The van der Waals surface area contributed by atoms with E-state index in [0.29, 0.717) is 23.6 Å². The van der Waals surface area contributed by atoms with Gasteiger partial charge >= 0.3 is 0 Å². The third-order valence-electron chi connectivity index (χ3n) is 5.56. The van der Waals surface area contributed by atoms with Gasteiger partial charge in [-0.3, -0.25) is 9.59 Å². The van der Waals surface area contributed by atoms with Gasteiger partial charge in [-0.2, -0.15) is 0 Å². The minimum absolute atomic E-state index is 0.0683. The van der Waals surface area contributed by atoms with Crippen molar-refractivity contribution in [3.8, 4) is 11.3 Å². The fraction of sp³-hybridized carbons (Fsp3) is 0.200. The number of aromatic amines is 1. The summed E-state index contributed by atoms with van der Waals surface area (Å²) in [7, 11) is 0. The summed E-state index contributed by atoms with van der Waals surface area (Å²) in [5, 5.41) is 10.0. The van der Waals surface area contributed by atoms with Crippen molar-refractivity contribution in [2.45, 2.75) is 32.6 Å². The van der Waals surface area contributed by atoms with Gasteiger partial charge in [0, 0.05) is 35.6 Å². The zero-order chi connectivity index (χ0) is 22.8. The summed E-state index contributed by atoms with van der Waals surface area (Å²) in [5.74, 6) is 0.783. The number of carbonyl (C=O) groups excluding carboxylic acids is 2. The van der Waals surface area contributed by atoms with Crippen LogP contribution in [0.1, 0.15) is 40.3 Å². The molecule has 8 heteroatoms. The smallest absolute Gasteiger partial charge is 0.233 e. The molecule has 1 aliphatic carbocycles. The van der Waals surface area contributed by atoms with E-state index in [1.807, 2.05) is 36.4 Å². The lowest BCUT2D eigenvalue weighted by Gasteiger charge is -2.14. The molecule has 0 bridgehead atoms. The van der Waals surface area contributed by atoms with Gasteiger partial charge in [-0.25, -0.2) is 4.98 Å². The SMILES string of the molecule is Cc1cc(CC(=O)Nc2cc(-c3[nH]c4c(c3Nc3ccccc3)C(=O)CCC4)ccn2)on1. The minimum Gasteiger partial charge on any atom is -0.361 e. The van der Waals surface area contributed by atoms with Crippen molar-refractivity contribution in [3.05, 3.63) is 77.4 Å². The maximum Gasteiger partial charge on any atom is 0.233 e. The van der Waals surface area contributed by atoms with E-state index in [-0.39, 0.29) is 18.1 Å². The van der Waals surface area contributed by atoms with Crippen molar-refractivity contribution in [2.75, 3.05) is 10.6 Å². The number of fused-ring (bicyclic) bond motifs is 1. The number of carbonyl (C=O) groups is 2.